The highest BCUT2D eigenvalue weighted by Gasteiger charge is 2.58. The topological polar surface area (TPSA) is 238 Å². The molecule has 0 unspecified atom stereocenters. The fourth-order valence-corrected chi connectivity index (χ4v) is 4.73. The summed E-state index contributed by atoms with van der Waals surface area (Å²) in [4.78, 5) is 96.3. The molecule has 264 valence electrons. The molecule has 10 atom stereocenters. The van der Waals surface area contributed by atoms with Gasteiger partial charge in [0.2, 0.25) is 12.4 Å². The zero-order chi connectivity index (χ0) is 35.6. The Labute approximate surface area is 268 Å². The van der Waals surface area contributed by atoms with Gasteiger partial charge in [0.15, 0.2) is 30.7 Å². The second-order valence-corrected chi connectivity index (χ2v) is 10.3. The van der Waals surface area contributed by atoms with E-state index in [0.717, 1.165) is 55.4 Å². The number of carbonyl (C=O) groups is 8. The molecule has 0 saturated carbocycles. The molecule has 2 heterocycles. The first-order valence-electron chi connectivity index (χ1n) is 14.2. The first-order valence-corrected chi connectivity index (χ1v) is 14.2. The summed E-state index contributed by atoms with van der Waals surface area (Å²) in [6.07, 6.45) is -16.3. The van der Waals surface area contributed by atoms with Crippen LogP contribution in [0.4, 0.5) is 0 Å². The Hall–Kier alpha value is -4.36. The summed E-state index contributed by atoms with van der Waals surface area (Å²) in [6, 6.07) is 0. The Morgan fingerprint density at radius 2 is 0.702 bits per heavy atom. The van der Waals surface area contributed by atoms with Crippen LogP contribution < -0.4 is 0 Å². The molecule has 2 rings (SSSR count). The van der Waals surface area contributed by atoms with Crippen molar-refractivity contribution in [2.45, 2.75) is 117 Å². The van der Waals surface area contributed by atoms with Crippen molar-refractivity contribution in [1.29, 1.82) is 0 Å². The minimum Gasteiger partial charge on any atom is -0.463 e. The number of rotatable bonds is 12. The van der Waals surface area contributed by atoms with Crippen LogP contribution in [0.25, 0.3) is 0 Å². The van der Waals surface area contributed by atoms with Gasteiger partial charge < -0.3 is 52.1 Å². The van der Waals surface area contributed by atoms with E-state index >= 15 is 0 Å². The first-order chi connectivity index (χ1) is 21.9. The van der Waals surface area contributed by atoms with Crippen LogP contribution in [0.1, 0.15) is 55.4 Å². The molecule has 0 radical (unpaired) electrons. The Kier molecular flexibility index (Phi) is 14.5. The molecule has 2 aliphatic rings. The van der Waals surface area contributed by atoms with Crippen LogP contribution in [0.15, 0.2) is 0 Å². The lowest BCUT2D eigenvalue weighted by Gasteiger charge is -2.48. The molecular weight excluding hydrogens is 640 g/mol. The van der Waals surface area contributed by atoms with Crippen molar-refractivity contribution >= 4 is 47.8 Å². The molecule has 0 aliphatic carbocycles. The summed E-state index contributed by atoms with van der Waals surface area (Å²) in [5.41, 5.74) is 0. The summed E-state index contributed by atoms with van der Waals surface area (Å²) >= 11 is 0. The average molecular weight is 679 g/mol. The van der Waals surface area contributed by atoms with Gasteiger partial charge in [-0.2, -0.15) is 0 Å². The van der Waals surface area contributed by atoms with E-state index in [1.807, 2.05) is 0 Å². The van der Waals surface area contributed by atoms with Gasteiger partial charge in [-0.15, -0.1) is 0 Å². The first kappa shape index (κ1) is 38.8. The molecule has 19 nitrogen and oxygen atoms in total. The zero-order valence-corrected chi connectivity index (χ0v) is 26.9. The summed E-state index contributed by atoms with van der Waals surface area (Å²) in [7, 11) is 0. The Balaban J connectivity index is 2.73. The summed E-state index contributed by atoms with van der Waals surface area (Å²) in [5, 5.41) is 0. The van der Waals surface area contributed by atoms with Crippen molar-refractivity contribution in [3.8, 4) is 0 Å². The molecule has 2 saturated heterocycles. The fourth-order valence-electron chi connectivity index (χ4n) is 4.73. The Morgan fingerprint density at radius 3 is 1.11 bits per heavy atom. The van der Waals surface area contributed by atoms with Gasteiger partial charge in [-0.05, 0) is 0 Å². The second kappa shape index (κ2) is 17.5. The van der Waals surface area contributed by atoms with Crippen LogP contribution in [0, 0.1) is 0 Å². The van der Waals surface area contributed by atoms with Crippen molar-refractivity contribution in [3.05, 3.63) is 0 Å². The fraction of sp³-hybridized carbons (Fsp3) is 0.714. The van der Waals surface area contributed by atoms with Gasteiger partial charge in [-0.1, -0.05) is 0 Å². The predicted octanol–water partition coefficient (Wildman–Crippen LogP) is -0.831. The van der Waals surface area contributed by atoms with E-state index < -0.39 is 122 Å². The monoisotopic (exact) mass is 678 g/mol. The van der Waals surface area contributed by atoms with E-state index in [2.05, 4.69) is 0 Å². The quantitative estimate of drug-likeness (QED) is 0.181. The lowest BCUT2D eigenvalue weighted by Crippen LogP contribution is -2.67. The van der Waals surface area contributed by atoms with E-state index in [1.54, 1.807) is 0 Å². The van der Waals surface area contributed by atoms with E-state index in [9.17, 15) is 38.4 Å². The van der Waals surface area contributed by atoms with Gasteiger partial charge in [-0.25, -0.2) is 0 Å². The van der Waals surface area contributed by atoms with E-state index in [0.29, 0.717) is 0 Å². The molecule has 2 fully saturated rings. The molecule has 0 aromatic carbocycles. The van der Waals surface area contributed by atoms with Gasteiger partial charge in [-0.3, -0.25) is 38.4 Å². The van der Waals surface area contributed by atoms with Crippen molar-refractivity contribution in [3.63, 3.8) is 0 Å². The van der Waals surface area contributed by atoms with Crippen LogP contribution in [-0.4, -0.2) is 122 Å². The van der Waals surface area contributed by atoms with E-state index in [-0.39, 0.29) is 0 Å². The molecule has 0 aromatic heterocycles. The van der Waals surface area contributed by atoms with Crippen molar-refractivity contribution in [1.82, 2.24) is 0 Å². The molecule has 0 aromatic rings. The van der Waals surface area contributed by atoms with Gasteiger partial charge in [0.05, 0.1) is 0 Å². The van der Waals surface area contributed by atoms with Crippen molar-refractivity contribution in [2.75, 3.05) is 13.2 Å². The predicted molar refractivity (Wildman–Crippen MR) is 145 cm³/mol. The molecule has 47 heavy (non-hydrogen) atoms. The maximum absolute atomic E-state index is 12.3. The van der Waals surface area contributed by atoms with Crippen LogP contribution in [0.2, 0.25) is 0 Å². The minimum atomic E-state index is -1.83. The van der Waals surface area contributed by atoms with Crippen molar-refractivity contribution in [2.24, 2.45) is 0 Å². The molecule has 2 aliphatic heterocycles. The van der Waals surface area contributed by atoms with Crippen LogP contribution in [0.5, 0.6) is 0 Å². The summed E-state index contributed by atoms with van der Waals surface area (Å²) in [5.74, 6) is -7.02. The average Bonchev–Trinajstić information content (AvgIpc) is 2.91. The largest absolute Gasteiger partial charge is 0.463 e. The maximum atomic E-state index is 12.3. The highest BCUT2D eigenvalue weighted by atomic mass is 16.8. The molecule has 0 amide bonds. The molecule has 0 bridgehead atoms. The number of esters is 8. The Bertz CT molecular complexity index is 1200. The number of ether oxygens (including phenoxy) is 11. The second-order valence-electron chi connectivity index (χ2n) is 10.3. The highest BCUT2D eigenvalue weighted by molar-refractivity contribution is 5.70. The SMILES string of the molecule is CC(=O)OC[C@@H]1O[C@H](O[C@H]2[C@H](OC(C)=O)[C@H](OC(C)=O)[C@H](OC(C)=O)O[C@@H]2COC(C)=O)[C@H](OC(C)=O)[C@H](OC(C)=O)[C@@H]1OC(C)=O. The summed E-state index contributed by atoms with van der Waals surface area (Å²) in [6.45, 7) is 7.05. The number of hydrogen-bond donors (Lipinski definition) is 0. The third-order valence-electron chi connectivity index (χ3n) is 6.17. The van der Waals surface area contributed by atoms with E-state index in [4.69, 9.17) is 52.1 Å². The van der Waals surface area contributed by atoms with Crippen LogP contribution in [-0.2, 0) is 90.5 Å². The number of hydrogen-bond acceptors (Lipinski definition) is 19. The third-order valence-corrected chi connectivity index (χ3v) is 6.17. The van der Waals surface area contributed by atoms with Gasteiger partial charge in [0.1, 0.15) is 31.5 Å². The Morgan fingerprint density at radius 1 is 0.383 bits per heavy atom. The van der Waals surface area contributed by atoms with Crippen molar-refractivity contribution < 1.29 is 90.5 Å². The van der Waals surface area contributed by atoms with Crippen LogP contribution in [0.3, 0.4) is 0 Å². The van der Waals surface area contributed by atoms with Crippen LogP contribution >= 0.6 is 0 Å². The maximum Gasteiger partial charge on any atom is 0.305 e. The summed E-state index contributed by atoms with van der Waals surface area (Å²) < 4.78 is 60.2. The molecular formula is C28H38O19. The van der Waals surface area contributed by atoms with Gasteiger partial charge in [0.25, 0.3) is 0 Å². The molecule has 0 N–H and O–H groups in total. The minimum absolute atomic E-state index is 0.590. The highest BCUT2D eigenvalue weighted by Crippen LogP contribution is 2.35. The standard InChI is InChI=1S/C28H38O19/c1-11(29)37-9-19-21(39-13(3)31)23(40-14(4)32)26(43-17(7)35)28(46-19)47-22-20(10-38-12(2)30)45-27(44-18(8)36)25(42-16(6)34)24(22)41-15(5)33/h19-28H,9-10H2,1-8H3/t19-,20+,21+,22+,23+,24-,25-,26+,27+,28+/m0/s1. The smallest absolute Gasteiger partial charge is 0.305 e. The van der Waals surface area contributed by atoms with E-state index in [1.165, 1.54) is 0 Å². The molecule has 19 heteroatoms. The lowest BCUT2D eigenvalue weighted by molar-refractivity contribution is -0.357. The normalized spacial score (nSPS) is 30.0. The lowest BCUT2D eigenvalue weighted by atomic mass is 9.96. The number of carbonyl (C=O) groups excluding carboxylic acids is 8. The zero-order valence-electron chi connectivity index (χ0n) is 26.9. The van der Waals surface area contributed by atoms with Gasteiger partial charge in [0, 0.05) is 55.4 Å². The third kappa shape index (κ3) is 12.1. The van der Waals surface area contributed by atoms with Gasteiger partial charge >= 0.3 is 47.8 Å². The molecule has 0 spiro atoms.